The highest BCUT2D eigenvalue weighted by molar-refractivity contribution is 5.76. The lowest BCUT2D eigenvalue weighted by atomic mass is 9.94. The van der Waals surface area contributed by atoms with E-state index in [9.17, 15) is 4.79 Å². The first kappa shape index (κ1) is 11.8. The van der Waals surface area contributed by atoms with Crippen LogP contribution < -0.4 is 5.32 Å². The number of carbonyl (C=O) groups is 1. The summed E-state index contributed by atoms with van der Waals surface area (Å²) in [6.07, 6.45) is 5.45. The highest BCUT2D eigenvalue weighted by atomic mass is 16.3. The van der Waals surface area contributed by atoms with Crippen molar-refractivity contribution >= 4 is 5.91 Å². The maximum atomic E-state index is 12.1. The summed E-state index contributed by atoms with van der Waals surface area (Å²) in [6.45, 7) is 2.94. The van der Waals surface area contributed by atoms with E-state index in [1.54, 1.807) is 6.26 Å². The number of hydrogen-bond donors (Lipinski definition) is 1. The minimum absolute atomic E-state index is 0.266. The molecule has 0 saturated carbocycles. The van der Waals surface area contributed by atoms with Crippen LogP contribution >= 0.6 is 0 Å². The van der Waals surface area contributed by atoms with Crippen LogP contribution in [0, 0.1) is 5.92 Å². The molecule has 2 atom stereocenters. The predicted molar refractivity (Wildman–Crippen MR) is 68.1 cm³/mol. The van der Waals surface area contributed by atoms with Gasteiger partial charge in [-0.05, 0) is 37.4 Å². The second kappa shape index (κ2) is 5.14. The molecule has 0 bridgehead atoms. The zero-order valence-electron chi connectivity index (χ0n) is 10.6. The van der Waals surface area contributed by atoms with Gasteiger partial charge in [-0.15, -0.1) is 0 Å². The molecule has 0 aliphatic carbocycles. The van der Waals surface area contributed by atoms with E-state index in [1.807, 2.05) is 17.0 Å². The first-order chi connectivity index (χ1) is 8.83. The fourth-order valence-electron chi connectivity index (χ4n) is 3.09. The van der Waals surface area contributed by atoms with Crippen molar-refractivity contribution in [2.24, 2.45) is 5.92 Å². The van der Waals surface area contributed by atoms with Gasteiger partial charge in [-0.3, -0.25) is 4.79 Å². The van der Waals surface area contributed by atoms with E-state index in [0.717, 1.165) is 25.4 Å². The summed E-state index contributed by atoms with van der Waals surface area (Å²) in [6, 6.07) is 4.33. The number of fused-ring (bicyclic) bond motifs is 1. The zero-order valence-corrected chi connectivity index (χ0v) is 10.6. The van der Waals surface area contributed by atoms with E-state index in [0.29, 0.717) is 24.8 Å². The maximum Gasteiger partial charge on any atom is 0.223 e. The van der Waals surface area contributed by atoms with Gasteiger partial charge in [0.2, 0.25) is 5.91 Å². The Morgan fingerprint density at radius 1 is 1.50 bits per heavy atom. The Bertz CT molecular complexity index is 388. The molecule has 4 heteroatoms. The number of likely N-dealkylation sites (tertiary alicyclic amines) is 1. The third-order valence-electron chi connectivity index (χ3n) is 4.12. The highest BCUT2D eigenvalue weighted by Crippen LogP contribution is 2.25. The molecule has 0 spiro atoms. The van der Waals surface area contributed by atoms with Crippen LogP contribution in [0.2, 0.25) is 0 Å². The first-order valence-electron chi connectivity index (χ1n) is 6.86. The number of piperidine rings is 1. The van der Waals surface area contributed by atoms with Crippen molar-refractivity contribution in [1.29, 1.82) is 0 Å². The Kier molecular flexibility index (Phi) is 3.37. The molecular formula is C14H20N2O2. The third-order valence-corrected chi connectivity index (χ3v) is 4.12. The normalized spacial score (nSPS) is 27.2. The number of hydrogen-bond acceptors (Lipinski definition) is 3. The van der Waals surface area contributed by atoms with E-state index in [-0.39, 0.29) is 5.91 Å². The lowest BCUT2D eigenvalue weighted by Gasteiger charge is -2.24. The van der Waals surface area contributed by atoms with E-state index in [4.69, 9.17) is 4.42 Å². The molecule has 98 valence electrons. The number of furan rings is 1. The summed E-state index contributed by atoms with van der Waals surface area (Å²) in [5, 5.41) is 3.52. The van der Waals surface area contributed by atoms with E-state index >= 15 is 0 Å². The van der Waals surface area contributed by atoms with Crippen LogP contribution in [0.1, 0.15) is 25.0 Å². The van der Waals surface area contributed by atoms with Gasteiger partial charge in [-0.1, -0.05) is 0 Å². The van der Waals surface area contributed by atoms with Gasteiger partial charge >= 0.3 is 0 Å². The first-order valence-corrected chi connectivity index (χ1v) is 6.86. The molecule has 2 aliphatic rings. The molecule has 18 heavy (non-hydrogen) atoms. The van der Waals surface area contributed by atoms with Gasteiger partial charge in [0, 0.05) is 32.0 Å². The Morgan fingerprint density at radius 2 is 2.44 bits per heavy atom. The van der Waals surface area contributed by atoms with Gasteiger partial charge in [0.05, 0.1) is 6.26 Å². The minimum Gasteiger partial charge on any atom is -0.469 e. The molecule has 2 aliphatic heterocycles. The Labute approximate surface area is 107 Å². The van der Waals surface area contributed by atoms with Crippen LogP contribution in [0.3, 0.4) is 0 Å². The largest absolute Gasteiger partial charge is 0.469 e. The van der Waals surface area contributed by atoms with Crippen LogP contribution in [0.5, 0.6) is 0 Å². The lowest BCUT2D eigenvalue weighted by molar-refractivity contribution is -0.130. The van der Waals surface area contributed by atoms with Gasteiger partial charge in [0.1, 0.15) is 5.76 Å². The summed E-state index contributed by atoms with van der Waals surface area (Å²) >= 11 is 0. The molecule has 3 rings (SSSR count). The SMILES string of the molecule is O=C(CCc1ccco1)N1C[C@@H]2CCCN[C@@H]2C1. The van der Waals surface area contributed by atoms with Gasteiger partial charge in [-0.2, -0.15) is 0 Å². The topological polar surface area (TPSA) is 45.5 Å². The van der Waals surface area contributed by atoms with E-state index in [2.05, 4.69) is 5.32 Å². The van der Waals surface area contributed by atoms with Crippen molar-refractivity contribution in [3.05, 3.63) is 24.2 Å². The molecular weight excluding hydrogens is 228 g/mol. The van der Waals surface area contributed by atoms with Crippen molar-refractivity contribution < 1.29 is 9.21 Å². The summed E-state index contributed by atoms with van der Waals surface area (Å²) in [5.74, 6) is 1.84. The van der Waals surface area contributed by atoms with E-state index in [1.165, 1.54) is 12.8 Å². The van der Waals surface area contributed by atoms with Gasteiger partial charge in [0.25, 0.3) is 0 Å². The number of aryl methyl sites for hydroxylation is 1. The van der Waals surface area contributed by atoms with Crippen LogP contribution in [-0.2, 0) is 11.2 Å². The molecule has 0 aromatic carbocycles. The number of nitrogens with zero attached hydrogens (tertiary/aromatic N) is 1. The Hall–Kier alpha value is -1.29. The average Bonchev–Trinajstić information content (AvgIpc) is 3.04. The molecule has 4 nitrogen and oxygen atoms in total. The van der Waals surface area contributed by atoms with Gasteiger partial charge in [-0.25, -0.2) is 0 Å². The molecule has 0 unspecified atom stereocenters. The van der Waals surface area contributed by atoms with Crippen molar-refractivity contribution in [3.8, 4) is 0 Å². The molecule has 3 heterocycles. The second-order valence-corrected chi connectivity index (χ2v) is 5.34. The highest BCUT2D eigenvalue weighted by Gasteiger charge is 2.35. The number of amides is 1. The van der Waals surface area contributed by atoms with Crippen molar-refractivity contribution in [3.63, 3.8) is 0 Å². The maximum absolute atomic E-state index is 12.1. The summed E-state index contributed by atoms with van der Waals surface area (Å²) in [7, 11) is 0. The van der Waals surface area contributed by atoms with Crippen LogP contribution in [0.25, 0.3) is 0 Å². The zero-order chi connectivity index (χ0) is 12.4. The number of nitrogens with one attached hydrogen (secondary N) is 1. The third kappa shape index (κ3) is 2.43. The standard InChI is InChI=1S/C14H20N2O2/c17-14(6-5-12-4-2-8-18-12)16-9-11-3-1-7-15-13(11)10-16/h2,4,8,11,13,15H,1,3,5-7,9-10H2/t11-,13+/m0/s1. The van der Waals surface area contributed by atoms with Crippen LogP contribution in [0.15, 0.2) is 22.8 Å². The smallest absolute Gasteiger partial charge is 0.223 e. The molecule has 2 fully saturated rings. The fraction of sp³-hybridized carbons (Fsp3) is 0.643. The quantitative estimate of drug-likeness (QED) is 0.880. The summed E-state index contributed by atoms with van der Waals surface area (Å²) in [5.41, 5.74) is 0. The lowest BCUT2D eigenvalue weighted by Crippen LogP contribution is -2.41. The van der Waals surface area contributed by atoms with Crippen LogP contribution in [0.4, 0.5) is 0 Å². The van der Waals surface area contributed by atoms with Crippen molar-refractivity contribution in [2.45, 2.75) is 31.7 Å². The minimum atomic E-state index is 0.266. The fourth-order valence-corrected chi connectivity index (χ4v) is 3.09. The summed E-state index contributed by atoms with van der Waals surface area (Å²) < 4.78 is 5.26. The second-order valence-electron chi connectivity index (χ2n) is 5.34. The van der Waals surface area contributed by atoms with Crippen molar-refractivity contribution in [1.82, 2.24) is 10.2 Å². The summed E-state index contributed by atoms with van der Waals surface area (Å²) in [4.78, 5) is 14.2. The molecule has 2 saturated heterocycles. The van der Waals surface area contributed by atoms with Crippen molar-refractivity contribution in [2.75, 3.05) is 19.6 Å². The van der Waals surface area contributed by atoms with Gasteiger partial charge in [0.15, 0.2) is 0 Å². The average molecular weight is 248 g/mol. The van der Waals surface area contributed by atoms with Crippen LogP contribution in [-0.4, -0.2) is 36.5 Å². The van der Waals surface area contributed by atoms with Gasteiger partial charge < -0.3 is 14.6 Å². The molecule has 1 aromatic rings. The molecule has 1 aromatic heterocycles. The number of carbonyl (C=O) groups excluding carboxylic acids is 1. The van der Waals surface area contributed by atoms with E-state index < -0.39 is 0 Å². The molecule has 0 radical (unpaired) electrons. The Balaban J connectivity index is 1.51. The molecule has 1 amide bonds. The predicted octanol–water partition coefficient (Wildman–Crippen LogP) is 1.42. The molecule has 1 N–H and O–H groups in total. The monoisotopic (exact) mass is 248 g/mol. The number of rotatable bonds is 3. The Morgan fingerprint density at radius 3 is 3.22 bits per heavy atom.